The summed E-state index contributed by atoms with van der Waals surface area (Å²) in [5.74, 6) is 1.92. The molecule has 0 aliphatic heterocycles. The lowest BCUT2D eigenvalue weighted by atomic mass is 9.87. The van der Waals surface area contributed by atoms with E-state index >= 15 is 0 Å². The first-order chi connectivity index (χ1) is 27.8. The summed E-state index contributed by atoms with van der Waals surface area (Å²) in [5, 5.41) is 12.6. The third-order valence-corrected chi connectivity index (χ3v) is 11.1. The lowest BCUT2D eigenvalue weighted by Crippen LogP contribution is -2.00. The Morgan fingerprint density at radius 1 is 0.232 bits per heavy atom. The molecule has 0 saturated heterocycles. The second-order valence-corrected chi connectivity index (χ2v) is 14.3. The molecule has 0 bridgehead atoms. The zero-order valence-corrected chi connectivity index (χ0v) is 30.4. The minimum Gasteiger partial charge on any atom is -0.208 e. The highest BCUT2D eigenvalue weighted by Gasteiger charge is 2.17. The maximum Gasteiger partial charge on any atom is 0.164 e. The highest BCUT2D eigenvalue weighted by atomic mass is 15.0. The van der Waals surface area contributed by atoms with Gasteiger partial charge in [0.1, 0.15) is 0 Å². The fourth-order valence-electron chi connectivity index (χ4n) is 8.43. The molecule has 3 nitrogen and oxygen atoms in total. The Morgan fingerprint density at radius 3 is 1.23 bits per heavy atom. The lowest BCUT2D eigenvalue weighted by Gasteiger charge is -2.16. The number of hydrogen-bond donors (Lipinski definition) is 0. The van der Waals surface area contributed by atoms with E-state index in [0.717, 1.165) is 27.8 Å². The number of aromatic nitrogens is 3. The number of benzene rings is 10. The Balaban J connectivity index is 1.03. The number of fused-ring (bicyclic) bond motifs is 9. The smallest absolute Gasteiger partial charge is 0.164 e. The SMILES string of the molecule is c1ccc(-c2nc(-c3ccc(-c4cccc5ccccc45)cc3)nc(-c3ccc(-c4cc5c6ccccc6c6ccccc6c5c5ccccc45)cc3)n2)cc1. The van der Waals surface area contributed by atoms with Crippen molar-refractivity contribution in [1.82, 2.24) is 15.0 Å². The molecule has 0 atom stereocenters. The van der Waals surface area contributed by atoms with Crippen LogP contribution in [0.2, 0.25) is 0 Å². The molecule has 3 heteroatoms. The van der Waals surface area contributed by atoms with Gasteiger partial charge < -0.3 is 0 Å². The van der Waals surface area contributed by atoms with E-state index in [9.17, 15) is 0 Å². The van der Waals surface area contributed by atoms with Crippen LogP contribution in [0, 0.1) is 0 Å². The summed E-state index contributed by atoms with van der Waals surface area (Å²) in [6, 6.07) is 71.2. The number of nitrogens with zero attached hydrogens (tertiary/aromatic N) is 3. The maximum absolute atomic E-state index is 5.09. The van der Waals surface area contributed by atoms with Crippen molar-refractivity contribution in [3.05, 3.63) is 200 Å². The van der Waals surface area contributed by atoms with Crippen molar-refractivity contribution in [2.24, 2.45) is 0 Å². The topological polar surface area (TPSA) is 38.7 Å². The maximum atomic E-state index is 5.09. The van der Waals surface area contributed by atoms with Crippen molar-refractivity contribution in [2.45, 2.75) is 0 Å². The minimum absolute atomic E-state index is 0.638. The number of hydrogen-bond acceptors (Lipinski definition) is 3. The van der Waals surface area contributed by atoms with Gasteiger partial charge in [-0.1, -0.05) is 194 Å². The molecule has 0 unspecified atom stereocenters. The largest absolute Gasteiger partial charge is 0.208 e. The van der Waals surface area contributed by atoms with Crippen LogP contribution in [0.15, 0.2) is 200 Å². The summed E-state index contributed by atoms with van der Waals surface area (Å²) in [7, 11) is 0. The van der Waals surface area contributed by atoms with Crippen molar-refractivity contribution >= 4 is 53.9 Å². The monoisotopic (exact) mass is 711 g/mol. The zero-order valence-electron chi connectivity index (χ0n) is 30.4. The van der Waals surface area contributed by atoms with Gasteiger partial charge in [0, 0.05) is 16.7 Å². The quantitative estimate of drug-likeness (QED) is 0.167. The summed E-state index contributed by atoms with van der Waals surface area (Å²) in [4.78, 5) is 15.1. The average molecular weight is 712 g/mol. The molecule has 10 aromatic carbocycles. The van der Waals surface area contributed by atoms with Crippen molar-refractivity contribution in [3.63, 3.8) is 0 Å². The van der Waals surface area contributed by atoms with Gasteiger partial charge >= 0.3 is 0 Å². The van der Waals surface area contributed by atoms with Crippen molar-refractivity contribution in [3.8, 4) is 56.4 Å². The zero-order chi connectivity index (χ0) is 37.0. The average Bonchev–Trinajstić information content (AvgIpc) is 3.29. The Hall–Kier alpha value is -7.49. The Morgan fingerprint density at radius 2 is 0.625 bits per heavy atom. The molecule has 0 amide bonds. The van der Waals surface area contributed by atoms with Crippen LogP contribution in [0.25, 0.3) is 110 Å². The van der Waals surface area contributed by atoms with E-state index in [1.165, 1.54) is 65.0 Å². The molecular weight excluding hydrogens is 679 g/mol. The van der Waals surface area contributed by atoms with E-state index in [0.29, 0.717) is 17.5 Å². The van der Waals surface area contributed by atoms with Gasteiger partial charge in [-0.3, -0.25) is 0 Å². The molecule has 0 spiro atoms. The molecule has 56 heavy (non-hydrogen) atoms. The molecular formula is C53H33N3. The van der Waals surface area contributed by atoms with Crippen LogP contribution in [-0.4, -0.2) is 15.0 Å². The molecule has 0 aliphatic rings. The van der Waals surface area contributed by atoms with E-state index < -0.39 is 0 Å². The third kappa shape index (κ3) is 5.32. The molecule has 0 N–H and O–H groups in total. The van der Waals surface area contributed by atoms with Crippen LogP contribution in [0.5, 0.6) is 0 Å². The van der Waals surface area contributed by atoms with E-state index in [1.54, 1.807) is 0 Å². The van der Waals surface area contributed by atoms with E-state index in [-0.39, 0.29) is 0 Å². The van der Waals surface area contributed by atoms with Crippen LogP contribution in [0.4, 0.5) is 0 Å². The fourth-order valence-corrected chi connectivity index (χ4v) is 8.43. The van der Waals surface area contributed by atoms with E-state index in [1.807, 2.05) is 30.3 Å². The van der Waals surface area contributed by atoms with Gasteiger partial charge in [-0.05, 0) is 82.2 Å². The van der Waals surface area contributed by atoms with Crippen molar-refractivity contribution < 1.29 is 0 Å². The van der Waals surface area contributed by atoms with Crippen LogP contribution in [0.1, 0.15) is 0 Å². The van der Waals surface area contributed by atoms with Gasteiger partial charge in [0.25, 0.3) is 0 Å². The first kappa shape index (κ1) is 32.0. The van der Waals surface area contributed by atoms with Crippen molar-refractivity contribution in [1.29, 1.82) is 0 Å². The van der Waals surface area contributed by atoms with Gasteiger partial charge in [0.05, 0.1) is 0 Å². The molecule has 1 aromatic heterocycles. The molecule has 0 saturated carbocycles. The second kappa shape index (κ2) is 13.1. The standard InChI is InChI=1S/C53H33N3/c1-2-14-37(15-3-1)51-54-52(38-29-25-35(26-30-38)41-24-12-16-34-13-4-5-17-40(34)41)56-53(55-51)39-31-27-36(28-32-39)48-33-49-44-20-7-6-18-42(44)43-19-8-10-22-46(43)50(49)47-23-11-9-21-45(47)48/h1-33H. The van der Waals surface area contributed by atoms with Crippen molar-refractivity contribution in [2.75, 3.05) is 0 Å². The van der Waals surface area contributed by atoms with Gasteiger partial charge in [-0.15, -0.1) is 0 Å². The summed E-state index contributed by atoms with van der Waals surface area (Å²) < 4.78 is 0. The van der Waals surface area contributed by atoms with Gasteiger partial charge in [0.2, 0.25) is 0 Å². The van der Waals surface area contributed by atoms with Crippen LogP contribution >= 0.6 is 0 Å². The van der Waals surface area contributed by atoms with Gasteiger partial charge in [-0.2, -0.15) is 0 Å². The summed E-state index contributed by atoms with van der Waals surface area (Å²) in [6.07, 6.45) is 0. The van der Waals surface area contributed by atoms with Crippen LogP contribution < -0.4 is 0 Å². The molecule has 11 aromatic rings. The van der Waals surface area contributed by atoms with E-state index in [2.05, 4.69) is 170 Å². The summed E-state index contributed by atoms with van der Waals surface area (Å²) in [6.45, 7) is 0. The van der Waals surface area contributed by atoms with Crippen LogP contribution in [0.3, 0.4) is 0 Å². The Labute approximate surface area is 324 Å². The summed E-state index contributed by atoms with van der Waals surface area (Å²) in [5.41, 5.74) is 7.53. The molecule has 1 heterocycles. The highest BCUT2D eigenvalue weighted by molar-refractivity contribution is 6.33. The Bertz CT molecular complexity index is 3270. The first-order valence-electron chi connectivity index (χ1n) is 19.0. The first-order valence-corrected chi connectivity index (χ1v) is 19.0. The molecule has 11 rings (SSSR count). The highest BCUT2D eigenvalue weighted by Crippen LogP contribution is 2.43. The second-order valence-electron chi connectivity index (χ2n) is 14.3. The minimum atomic E-state index is 0.638. The van der Waals surface area contributed by atoms with Gasteiger partial charge in [0.15, 0.2) is 17.5 Å². The number of rotatable bonds is 5. The fraction of sp³-hybridized carbons (Fsp3) is 0. The van der Waals surface area contributed by atoms with Crippen LogP contribution in [-0.2, 0) is 0 Å². The lowest BCUT2D eigenvalue weighted by molar-refractivity contribution is 1.07. The Kier molecular flexibility index (Phi) is 7.49. The normalized spacial score (nSPS) is 11.6. The van der Waals surface area contributed by atoms with Gasteiger partial charge in [-0.25, -0.2) is 15.0 Å². The molecule has 260 valence electrons. The third-order valence-electron chi connectivity index (χ3n) is 11.1. The van der Waals surface area contributed by atoms with E-state index in [4.69, 9.17) is 15.0 Å². The predicted octanol–water partition coefficient (Wildman–Crippen LogP) is 14.0. The summed E-state index contributed by atoms with van der Waals surface area (Å²) >= 11 is 0. The predicted molar refractivity (Wildman–Crippen MR) is 235 cm³/mol. The molecule has 0 fully saturated rings. The molecule has 0 aliphatic carbocycles. The molecule has 0 radical (unpaired) electrons.